The smallest absolute Gasteiger partial charge is 0.227 e. The van der Waals surface area contributed by atoms with Crippen LogP contribution in [-0.2, 0) is 4.79 Å². The number of amides is 1. The highest BCUT2D eigenvalue weighted by Crippen LogP contribution is 2.37. The molecule has 17 heavy (non-hydrogen) atoms. The molecular weight excluding hydrogens is 214 g/mol. The van der Waals surface area contributed by atoms with E-state index < -0.39 is 0 Å². The third-order valence-corrected chi connectivity index (χ3v) is 4.66. The monoisotopic (exact) mass is 239 g/mol. The second-order valence-electron chi connectivity index (χ2n) is 6.00. The van der Waals surface area contributed by atoms with Crippen LogP contribution in [-0.4, -0.2) is 24.0 Å². The molecule has 2 fully saturated rings. The second kappa shape index (κ2) is 4.94. The summed E-state index contributed by atoms with van der Waals surface area (Å²) in [5, 5.41) is 3.18. The van der Waals surface area contributed by atoms with Crippen molar-refractivity contribution in [3.05, 3.63) is 0 Å². The summed E-state index contributed by atoms with van der Waals surface area (Å²) in [7, 11) is 0. The Bertz CT molecular complexity index is 286. The quantitative estimate of drug-likeness (QED) is 0.669. The summed E-state index contributed by atoms with van der Waals surface area (Å²) in [6, 6.07) is 0.660. The maximum Gasteiger partial charge on any atom is 0.227 e. The van der Waals surface area contributed by atoms with Crippen LogP contribution in [0.5, 0.6) is 0 Å². The van der Waals surface area contributed by atoms with Crippen LogP contribution in [0.3, 0.4) is 0 Å². The highest BCUT2D eigenvalue weighted by atomic mass is 16.2. The standard InChI is InChI=1S/C13H25N3O/c1-13(8-2-3-11(13)15)12(17)16-10-6-4-9(14)5-7-10/h9-11H,2-8,14-15H2,1H3,(H,16,17). The molecular formula is C13H25N3O. The van der Waals surface area contributed by atoms with Gasteiger partial charge in [0.15, 0.2) is 0 Å². The SMILES string of the molecule is CC1(C(=O)NC2CCC(N)CC2)CCCC1N. The van der Waals surface area contributed by atoms with Gasteiger partial charge in [-0.2, -0.15) is 0 Å². The minimum absolute atomic E-state index is 0.0216. The molecule has 4 nitrogen and oxygen atoms in total. The fourth-order valence-corrected chi connectivity index (χ4v) is 3.09. The van der Waals surface area contributed by atoms with E-state index in [0.717, 1.165) is 44.9 Å². The summed E-state index contributed by atoms with van der Waals surface area (Å²) in [5.74, 6) is 0.156. The van der Waals surface area contributed by atoms with E-state index in [-0.39, 0.29) is 17.4 Å². The van der Waals surface area contributed by atoms with Crippen LogP contribution in [0.15, 0.2) is 0 Å². The largest absolute Gasteiger partial charge is 0.353 e. The Hall–Kier alpha value is -0.610. The number of carbonyl (C=O) groups is 1. The number of nitrogens with one attached hydrogen (secondary N) is 1. The number of hydrogen-bond acceptors (Lipinski definition) is 3. The molecule has 0 spiro atoms. The fourth-order valence-electron chi connectivity index (χ4n) is 3.09. The molecule has 4 heteroatoms. The van der Waals surface area contributed by atoms with Gasteiger partial charge in [0.25, 0.3) is 0 Å². The van der Waals surface area contributed by atoms with Crippen molar-refractivity contribution in [3.63, 3.8) is 0 Å². The molecule has 0 saturated heterocycles. The Kier molecular flexibility index (Phi) is 3.73. The van der Waals surface area contributed by atoms with Gasteiger partial charge in [0.05, 0.1) is 5.41 Å². The Morgan fingerprint density at radius 1 is 1.18 bits per heavy atom. The van der Waals surface area contributed by atoms with Crippen molar-refractivity contribution >= 4 is 5.91 Å². The number of hydrogen-bond donors (Lipinski definition) is 3. The maximum atomic E-state index is 12.3. The van der Waals surface area contributed by atoms with Gasteiger partial charge in [0.2, 0.25) is 5.91 Å². The number of carbonyl (C=O) groups excluding carboxylic acids is 1. The second-order valence-corrected chi connectivity index (χ2v) is 6.00. The van der Waals surface area contributed by atoms with Gasteiger partial charge >= 0.3 is 0 Å². The van der Waals surface area contributed by atoms with Crippen molar-refractivity contribution in [2.45, 2.75) is 70.0 Å². The Balaban J connectivity index is 1.88. The minimum Gasteiger partial charge on any atom is -0.353 e. The topological polar surface area (TPSA) is 81.1 Å². The zero-order valence-electron chi connectivity index (χ0n) is 10.7. The number of rotatable bonds is 2. The molecule has 2 rings (SSSR count). The lowest BCUT2D eigenvalue weighted by molar-refractivity contribution is -0.131. The summed E-state index contributed by atoms with van der Waals surface area (Å²) >= 11 is 0. The van der Waals surface area contributed by atoms with Gasteiger partial charge in [0, 0.05) is 18.1 Å². The predicted octanol–water partition coefficient (Wildman–Crippen LogP) is 0.890. The average molecular weight is 239 g/mol. The van der Waals surface area contributed by atoms with E-state index in [2.05, 4.69) is 5.32 Å². The molecule has 0 heterocycles. The van der Waals surface area contributed by atoms with E-state index in [4.69, 9.17) is 11.5 Å². The van der Waals surface area contributed by atoms with Gasteiger partial charge in [0.1, 0.15) is 0 Å². The highest BCUT2D eigenvalue weighted by molar-refractivity contribution is 5.83. The van der Waals surface area contributed by atoms with Crippen molar-refractivity contribution in [3.8, 4) is 0 Å². The first kappa shape index (κ1) is 12.8. The summed E-state index contributed by atoms with van der Waals surface area (Å²) in [6.45, 7) is 2.01. The van der Waals surface area contributed by atoms with Crippen LogP contribution in [0.2, 0.25) is 0 Å². The molecule has 2 aliphatic carbocycles. The lowest BCUT2D eigenvalue weighted by Gasteiger charge is -2.33. The minimum atomic E-state index is -0.348. The van der Waals surface area contributed by atoms with Crippen LogP contribution in [0.4, 0.5) is 0 Å². The van der Waals surface area contributed by atoms with Crippen LogP contribution in [0.1, 0.15) is 51.9 Å². The molecule has 2 atom stereocenters. The highest BCUT2D eigenvalue weighted by Gasteiger charge is 2.43. The van der Waals surface area contributed by atoms with E-state index >= 15 is 0 Å². The first-order chi connectivity index (χ1) is 8.02. The van der Waals surface area contributed by atoms with Gasteiger partial charge in [-0.05, 0) is 45.4 Å². The van der Waals surface area contributed by atoms with Crippen molar-refractivity contribution in [2.24, 2.45) is 16.9 Å². The molecule has 0 radical (unpaired) electrons. The van der Waals surface area contributed by atoms with Crippen LogP contribution in [0.25, 0.3) is 0 Å². The van der Waals surface area contributed by atoms with Gasteiger partial charge in [-0.15, -0.1) is 0 Å². The lowest BCUT2D eigenvalue weighted by Crippen LogP contribution is -2.51. The Labute approximate surface area is 103 Å². The van der Waals surface area contributed by atoms with E-state index in [0.29, 0.717) is 12.1 Å². The fraction of sp³-hybridized carbons (Fsp3) is 0.923. The summed E-state index contributed by atoms with van der Waals surface area (Å²) in [4.78, 5) is 12.3. The van der Waals surface area contributed by atoms with Crippen LogP contribution >= 0.6 is 0 Å². The van der Waals surface area contributed by atoms with Gasteiger partial charge in [-0.25, -0.2) is 0 Å². The molecule has 1 amide bonds. The molecule has 0 aliphatic heterocycles. The molecule has 2 aliphatic rings. The molecule has 98 valence electrons. The Morgan fingerprint density at radius 3 is 2.35 bits per heavy atom. The molecule has 5 N–H and O–H groups in total. The van der Waals surface area contributed by atoms with Crippen LogP contribution < -0.4 is 16.8 Å². The maximum absolute atomic E-state index is 12.3. The van der Waals surface area contributed by atoms with E-state index in [1.807, 2.05) is 6.92 Å². The Morgan fingerprint density at radius 2 is 1.82 bits per heavy atom. The number of nitrogens with two attached hydrogens (primary N) is 2. The first-order valence-corrected chi connectivity index (χ1v) is 6.84. The molecule has 2 saturated carbocycles. The van der Waals surface area contributed by atoms with Crippen molar-refractivity contribution in [2.75, 3.05) is 0 Å². The van der Waals surface area contributed by atoms with Crippen molar-refractivity contribution < 1.29 is 4.79 Å². The average Bonchev–Trinajstić information content (AvgIpc) is 2.64. The van der Waals surface area contributed by atoms with Crippen LogP contribution in [0, 0.1) is 5.41 Å². The van der Waals surface area contributed by atoms with Crippen molar-refractivity contribution in [1.82, 2.24) is 5.32 Å². The van der Waals surface area contributed by atoms with Gasteiger partial charge < -0.3 is 16.8 Å². The van der Waals surface area contributed by atoms with E-state index in [9.17, 15) is 4.79 Å². The normalized spacial score (nSPS) is 42.4. The first-order valence-electron chi connectivity index (χ1n) is 6.84. The molecule has 0 aromatic carbocycles. The molecule has 0 aromatic heterocycles. The third kappa shape index (κ3) is 2.63. The van der Waals surface area contributed by atoms with Gasteiger partial charge in [-0.3, -0.25) is 4.79 Å². The summed E-state index contributed by atoms with van der Waals surface area (Å²) < 4.78 is 0. The van der Waals surface area contributed by atoms with E-state index in [1.54, 1.807) is 0 Å². The summed E-state index contributed by atoms with van der Waals surface area (Å²) in [6.07, 6.45) is 7.03. The molecule has 0 bridgehead atoms. The zero-order chi connectivity index (χ0) is 12.5. The van der Waals surface area contributed by atoms with Gasteiger partial charge in [-0.1, -0.05) is 6.42 Å². The zero-order valence-corrected chi connectivity index (χ0v) is 10.7. The summed E-state index contributed by atoms with van der Waals surface area (Å²) in [5.41, 5.74) is 11.6. The molecule has 0 aromatic rings. The van der Waals surface area contributed by atoms with E-state index in [1.165, 1.54) is 0 Å². The lowest BCUT2D eigenvalue weighted by atomic mass is 9.83. The molecule has 2 unspecified atom stereocenters. The predicted molar refractivity (Wildman–Crippen MR) is 68.3 cm³/mol. The van der Waals surface area contributed by atoms with Crippen molar-refractivity contribution in [1.29, 1.82) is 0 Å². The third-order valence-electron chi connectivity index (χ3n) is 4.66.